The summed E-state index contributed by atoms with van der Waals surface area (Å²) in [5, 5.41) is 4.14. The summed E-state index contributed by atoms with van der Waals surface area (Å²) in [6.07, 6.45) is 15.1. The van der Waals surface area contributed by atoms with Crippen molar-refractivity contribution >= 4 is 5.70 Å². The number of hydrogen-bond donors (Lipinski definition) is 0. The van der Waals surface area contributed by atoms with Crippen molar-refractivity contribution in [3.8, 4) is 0 Å². The Labute approximate surface area is 71.5 Å². The molecule has 1 aliphatic rings. The van der Waals surface area contributed by atoms with Gasteiger partial charge in [-0.05, 0) is 24.6 Å². The van der Waals surface area contributed by atoms with E-state index >= 15 is 0 Å². The van der Waals surface area contributed by atoms with E-state index in [0.29, 0.717) is 0 Å². The molecule has 0 bridgehead atoms. The maximum Gasteiger partial charge on any atom is 0.0642 e. The maximum atomic E-state index is 4.14. The lowest BCUT2D eigenvalue weighted by Crippen LogP contribution is -1.93. The molecule has 0 fully saturated rings. The maximum absolute atomic E-state index is 4.14. The van der Waals surface area contributed by atoms with Gasteiger partial charge in [0.25, 0.3) is 0 Å². The molecule has 60 valence electrons. The third-order valence-electron chi connectivity index (χ3n) is 1.73. The minimum absolute atomic E-state index is 1.00. The van der Waals surface area contributed by atoms with Gasteiger partial charge in [-0.25, -0.2) is 4.68 Å². The Morgan fingerprint density at radius 3 is 3.17 bits per heavy atom. The first-order valence-electron chi connectivity index (χ1n) is 4.00. The molecule has 0 saturated carbocycles. The summed E-state index contributed by atoms with van der Waals surface area (Å²) in [6.45, 7) is 0. The van der Waals surface area contributed by atoms with E-state index in [0.717, 1.165) is 12.1 Å². The summed E-state index contributed by atoms with van der Waals surface area (Å²) in [5.74, 6) is 0. The highest BCUT2D eigenvalue weighted by Gasteiger charge is 1.94. The van der Waals surface area contributed by atoms with Gasteiger partial charge >= 0.3 is 0 Å². The number of rotatable bonds is 1. The largest absolute Gasteiger partial charge is 0.241 e. The molecular weight excluding hydrogens is 148 g/mol. The summed E-state index contributed by atoms with van der Waals surface area (Å²) in [7, 11) is 0. The quantitative estimate of drug-likeness (QED) is 0.613. The molecule has 0 radical (unpaired) electrons. The highest BCUT2D eigenvalue weighted by atomic mass is 15.3. The zero-order valence-electron chi connectivity index (χ0n) is 6.72. The molecule has 2 nitrogen and oxygen atoms in total. The Hall–Kier alpha value is -1.57. The first-order chi connectivity index (χ1) is 5.97. The number of aromatic nitrogens is 2. The van der Waals surface area contributed by atoms with Gasteiger partial charge in [0, 0.05) is 12.4 Å². The van der Waals surface area contributed by atoms with Crippen LogP contribution in [0, 0.1) is 0 Å². The van der Waals surface area contributed by atoms with Gasteiger partial charge in [-0.1, -0.05) is 18.2 Å². The topological polar surface area (TPSA) is 17.8 Å². The summed E-state index contributed by atoms with van der Waals surface area (Å²) >= 11 is 0. The fourth-order valence-corrected chi connectivity index (χ4v) is 1.14. The average Bonchev–Trinajstić information content (AvgIpc) is 2.48. The lowest BCUT2D eigenvalue weighted by molar-refractivity contribution is 0.910. The summed E-state index contributed by atoms with van der Waals surface area (Å²) in [4.78, 5) is 0. The van der Waals surface area contributed by atoms with Gasteiger partial charge < -0.3 is 0 Å². The van der Waals surface area contributed by atoms with Crippen molar-refractivity contribution in [1.29, 1.82) is 0 Å². The van der Waals surface area contributed by atoms with Crippen LogP contribution in [0.1, 0.15) is 6.42 Å². The molecule has 1 aromatic heterocycles. The van der Waals surface area contributed by atoms with Gasteiger partial charge in [0.15, 0.2) is 0 Å². The molecule has 0 aromatic carbocycles. The van der Waals surface area contributed by atoms with Crippen molar-refractivity contribution < 1.29 is 0 Å². The zero-order chi connectivity index (χ0) is 8.23. The number of allylic oxidation sites excluding steroid dienone is 6. The van der Waals surface area contributed by atoms with E-state index in [1.807, 2.05) is 16.9 Å². The molecule has 0 spiro atoms. The third kappa shape index (κ3) is 1.37. The van der Waals surface area contributed by atoms with E-state index in [9.17, 15) is 0 Å². The van der Waals surface area contributed by atoms with Crippen molar-refractivity contribution in [1.82, 2.24) is 9.78 Å². The van der Waals surface area contributed by atoms with Crippen molar-refractivity contribution in [2.45, 2.75) is 6.42 Å². The van der Waals surface area contributed by atoms with Crippen LogP contribution in [-0.4, -0.2) is 9.78 Å². The standard InChI is InChI=1S/C10H10N2/c1-2-4-7-10(6-3-1)12-9-5-8-11-12/h1,3-9H,2H2. The summed E-state index contributed by atoms with van der Waals surface area (Å²) < 4.78 is 1.85. The molecular formula is C10H10N2. The van der Waals surface area contributed by atoms with Crippen molar-refractivity contribution in [3.05, 3.63) is 48.8 Å². The molecule has 0 aliphatic heterocycles. The average molecular weight is 158 g/mol. The van der Waals surface area contributed by atoms with Gasteiger partial charge in [0.2, 0.25) is 0 Å². The molecule has 0 amide bonds. The molecule has 0 saturated heterocycles. The minimum atomic E-state index is 1.00. The van der Waals surface area contributed by atoms with Crippen LogP contribution in [0.5, 0.6) is 0 Å². The van der Waals surface area contributed by atoms with Crippen LogP contribution in [0.2, 0.25) is 0 Å². The predicted octanol–water partition coefficient (Wildman–Crippen LogP) is 2.24. The van der Waals surface area contributed by atoms with Gasteiger partial charge in [-0.15, -0.1) is 0 Å². The van der Waals surface area contributed by atoms with E-state index in [2.05, 4.69) is 35.5 Å². The second-order valence-corrected chi connectivity index (χ2v) is 2.61. The van der Waals surface area contributed by atoms with E-state index < -0.39 is 0 Å². The lowest BCUT2D eigenvalue weighted by Gasteiger charge is -1.98. The first kappa shape index (κ1) is 7.10. The highest BCUT2D eigenvalue weighted by Crippen LogP contribution is 2.08. The van der Waals surface area contributed by atoms with Crippen LogP contribution < -0.4 is 0 Å². The Morgan fingerprint density at radius 1 is 1.33 bits per heavy atom. The van der Waals surface area contributed by atoms with Crippen LogP contribution >= 0.6 is 0 Å². The molecule has 1 aromatic rings. The number of hydrogen-bond acceptors (Lipinski definition) is 1. The fraction of sp³-hybridized carbons (Fsp3) is 0.100. The molecule has 12 heavy (non-hydrogen) atoms. The Kier molecular flexibility index (Phi) is 1.90. The minimum Gasteiger partial charge on any atom is -0.241 e. The smallest absolute Gasteiger partial charge is 0.0642 e. The van der Waals surface area contributed by atoms with E-state index in [1.165, 1.54) is 0 Å². The van der Waals surface area contributed by atoms with Crippen LogP contribution in [-0.2, 0) is 0 Å². The Morgan fingerprint density at radius 2 is 2.33 bits per heavy atom. The molecule has 2 rings (SSSR count). The second-order valence-electron chi connectivity index (χ2n) is 2.61. The molecule has 0 N–H and O–H groups in total. The van der Waals surface area contributed by atoms with Crippen molar-refractivity contribution in [2.75, 3.05) is 0 Å². The van der Waals surface area contributed by atoms with E-state index in [1.54, 1.807) is 6.20 Å². The molecule has 1 heterocycles. The first-order valence-corrected chi connectivity index (χ1v) is 4.00. The highest BCUT2D eigenvalue weighted by molar-refractivity contribution is 5.58. The van der Waals surface area contributed by atoms with E-state index in [-0.39, 0.29) is 0 Å². The molecule has 2 heteroatoms. The van der Waals surface area contributed by atoms with Crippen LogP contribution in [0.3, 0.4) is 0 Å². The van der Waals surface area contributed by atoms with Gasteiger partial charge in [0.05, 0.1) is 5.70 Å². The summed E-state index contributed by atoms with van der Waals surface area (Å²) in [5.41, 5.74) is 1.11. The predicted molar refractivity (Wildman–Crippen MR) is 49.4 cm³/mol. The molecule has 1 aliphatic carbocycles. The second kappa shape index (κ2) is 3.22. The lowest BCUT2D eigenvalue weighted by atomic mass is 10.3. The Balaban J connectivity index is 2.34. The normalized spacial score (nSPS) is 15.8. The third-order valence-corrected chi connectivity index (χ3v) is 1.73. The SMILES string of the molecule is C1=CCC=CC(n2cccn2)=C1. The summed E-state index contributed by atoms with van der Waals surface area (Å²) in [6, 6.07) is 1.92. The van der Waals surface area contributed by atoms with Gasteiger partial charge in [-0.2, -0.15) is 5.10 Å². The molecule has 0 atom stereocenters. The fourth-order valence-electron chi connectivity index (χ4n) is 1.14. The Bertz CT molecular complexity index is 329. The van der Waals surface area contributed by atoms with Gasteiger partial charge in [0.1, 0.15) is 0 Å². The molecule has 0 unspecified atom stereocenters. The monoisotopic (exact) mass is 158 g/mol. The zero-order valence-corrected chi connectivity index (χ0v) is 6.72. The van der Waals surface area contributed by atoms with E-state index in [4.69, 9.17) is 0 Å². The van der Waals surface area contributed by atoms with Crippen molar-refractivity contribution in [2.24, 2.45) is 0 Å². The number of nitrogens with zero attached hydrogens (tertiary/aromatic N) is 2. The van der Waals surface area contributed by atoms with Gasteiger partial charge in [-0.3, -0.25) is 0 Å². The van der Waals surface area contributed by atoms with Crippen molar-refractivity contribution in [3.63, 3.8) is 0 Å². The van der Waals surface area contributed by atoms with Crippen LogP contribution in [0.25, 0.3) is 5.70 Å². The van der Waals surface area contributed by atoms with Crippen LogP contribution in [0.4, 0.5) is 0 Å². The van der Waals surface area contributed by atoms with Crippen LogP contribution in [0.15, 0.2) is 48.8 Å².